The molecule has 2 saturated carbocycles. The molecule has 2 fully saturated rings. The van der Waals surface area contributed by atoms with Crippen molar-refractivity contribution >= 4 is 0 Å². The Morgan fingerprint density at radius 1 is 0.357 bits per heavy atom. The minimum absolute atomic E-state index is 1.14. The van der Waals surface area contributed by atoms with Crippen LogP contribution in [0.15, 0.2) is 0 Å². The van der Waals surface area contributed by atoms with Gasteiger partial charge in [0.2, 0.25) is 0 Å². The summed E-state index contributed by atoms with van der Waals surface area (Å²) in [4.78, 5) is 0. The second kappa shape index (κ2) is 17.8. The molecule has 0 nitrogen and oxygen atoms in total. The van der Waals surface area contributed by atoms with Gasteiger partial charge >= 0.3 is 0 Å². The van der Waals surface area contributed by atoms with Crippen molar-refractivity contribution in [1.29, 1.82) is 0 Å². The van der Waals surface area contributed by atoms with Crippen LogP contribution in [0.4, 0.5) is 0 Å². The minimum atomic E-state index is 1.14. The van der Waals surface area contributed by atoms with E-state index in [2.05, 4.69) is 27.7 Å². The fraction of sp³-hybridized carbons (Fsp3) is 1.00. The van der Waals surface area contributed by atoms with Crippen LogP contribution < -0.4 is 0 Å². The first-order chi connectivity index (χ1) is 13.8. The molecule has 0 bridgehead atoms. The maximum atomic E-state index is 2.33. The third-order valence-corrected chi connectivity index (χ3v) is 7.35. The van der Waals surface area contributed by atoms with E-state index in [4.69, 9.17) is 0 Å². The van der Waals surface area contributed by atoms with E-state index in [9.17, 15) is 0 Å². The third kappa shape index (κ3) is 14.1. The van der Waals surface area contributed by atoms with Crippen molar-refractivity contribution in [3.8, 4) is 0 Å². The molecular formula is C28H56. The molecule has 4 unspecified atom stereocenters. The highest BCUT2D eigenvalue weighted by molar-refractivity contribution is 4.86. The molecule has 2 rings (SSSR count). The summed E-state index contributed by atoms with van der Waals surface area (Å²) in [5.41, 5.74) is 0. The zero-order valence-electron chi connectivity index (χ0n) is 20.5. The Balaban J connectivity index is 0.000000568. The van der Waals surface area contributed by atoms with Gasteiger partial charge in [-0.3, -0.25) is 0 Å². The third-order valence-electron chi connectivity index (χ3n) is 7.35. The molecule has 2 aliphatic rings. The molecule has 0 N–H and O–H groups in total. The highest BCUT2D eigenvalue weighted by atomic mass is 14.4. The van der Waals surface area contributed by atoms with Crippen LogP contribution in [0.5, 0.6) is 0 Å². The van der Waals surface area contributed by atoms with Gasteiger partial charge in [-0.2, -0.15) is 0 Å². The van der Waals surface area contributed by atoms with Gasteiger partial charge in [-0.05, 0) is 36.5 Å². The second-order valence-electron chi connectivity index (χ2n) is 10.2. The molecule has 4 atom stereocenters. The monoisotopic (exact) mass is 392 g/mol. The topological polar surface area (TPSA) is 0 Å². The Kier molecular flexibility index (Phi) is 16.6. The summed E-state index contributed by atoms with van der Waals surface area (Å²) in [5, 5.41) is 0. The van der Waals surface area contributed by atoms with Crippen LogP contribution in [0.3, 0.4) is 0 Å². The first kappa shape index (κ1) is 26.0. The lowest BCUT2D eigenvalue weighted by molar-refractivity contribution is 0.509. The van der Waals surface area contributed by atoms with E-state index in [1.54, 1.807) is 25.7 Å². The summed E-state index contributed by atoms with van der Waals surface area (Å²) >= 11 is 0. The summed E-state index contributed by atoms with van der Waals surface area (Å²) in [7, 11) is 0. The molecule has 0 heteroatoms. The molecule has 2 aliphatic carbocycles. The van der Waals surface area contributed by atoms with Crippen LogP contribution in [-0.2, 0) is 0 Å². The molecule has 0 aromatic carbocycles. The summed E-state index contributed by atoms with van der Waals surface area (Å²) in [6, 6.07) is 0. The molecule has 0 amide bonds. The Labute approximate surface area is 180 Å². The van der Waals surface area contributed by atoms with Crippen molar-refractivity contribution < 1.29 is 0 Å². The molecule has 0 aromatic rings. The molecule has 0 spiro atoms. The van der Waals surface area contributed by atoms with Gasteiger partial charge < -0.3 is 0 Å². The molecule has 0 saturated heterocycles. The summed E-state index contributed by atoms with van der Waals surface area (Å²) < 4.78 is 0. The van der Waals surface area contributed by atoms with E-state index in [-0.39, 0.29) is 0 Å². The second-order valence-corrected chi connectivity index (χ2v) is 10.2. The van der Waals surface area contributed by atoms with E-state index >= 15 is 0 Å². The fourth-order valence-electron chi connectivity index (χ4n) is 4.99. The molecular weight excluding hydrogens is 336 g/mol. The van der Waals surface area contributed by atoms with Gasteiger partial charge in [-0.1, -0.05) is 143 Å². The maximum absolute atomic E-state index is 2.33. The zero-order chi connectivity index (χ0) is 20.5. The van der Waals surface area contributed by atoms with Gasteiger partial charge in [0.25, 0.3) is 0 Å². The number of unbranched alkanes of at least 4 members (excludes halogenated alkanes) is 10. The summed E-state index contributed by atoms with van der Waals surface area (Å²) in [5.74, 6) is 4.56. The van der Waals surface area contributed by atoms with Gasteiger partial charge in [-0.25, -0.2) is 0 Å². The van der Waals surface area contributed by atoms with Gasteiger partial charge in [0.15, 0.2) is 0 Å². The van der Waals surface area contributed by atoms with Crippen LogP contribution in [0.1, 0.15) is 156 Å². The van der Waals surface area contributed by atoms with Gasteiger partial charge in [-0.15, -0.1) is 0 Å². The van der Waals surface area contributed by atoms with Crippen molar-refractivity contribution in [1.82, 2.24) is 0 Å². The highest BCUT2D eigenvalue weighted by Gasteiger charge is 2.35. The average Bonchev–Trinajstić information content (AvgIpc) is 3.62. The lowest BCUT2D eigenvalue weighted by Gasteiger charge is -2.03. The average molecular weight is 393 g/mol. The van der Waals surface area contributed by atoms with E-state index in [1.807, 2.05) is 0 Å². The van der Waals surface area contributed by atoms with Crippen molar-refractivity contribution in [2.75, 3.05) is 0 Å². The number of rotatable bonds is 18. The predicted octanol–water partition coefficient (Wildman–Crippen LogP) is 10.3. The molecule has 168 valence electrons. The molecule has 0 aromatic heterocycles. The van der Waals surface area contributed by atoms with Crippen molar-refractivity contribution in [3.05, 3.63) is 0 Å². The number of hydrogen-bond acceptors (Lipinski definition) is 0. The van der Waals surface area contributed by atoms with Crippen LogP contribution in [0.25, 0.3) is 0 Å². The zero-order valence-corrected chi connectivity index (χ0v) is 20.5. The molecule has 0 aliphatic heterocycles. The van der Waals surface area contributed by atoms with Crippen LogP contribution in [0, 0.1) is 23.7 Å². The SMILES string of the molecule is CCCCC1CC1CCCCCCCCC1CC1CCCC.CCCCCC. The Morgan fingerprint density at radius 3 is 0.964 bits per heavy atom. The minimum Gasteiger partial charge on any atom is -0.0654 e. The lowest BCUT2D eigenvalue weighted by atomic mass is 10.0. The normalized spacial score (nSPS) is 25.3. The van der Waals surface area contributed by atoms with Gasteiger partial charge in [0, 0.05) is 0 Å². The quantitative estimate of drug-likeness (QED) is 0.203. The van der Waals surface area contributed by atoms with Crippen LogP contribution in [0.2, 0.25) is 0 Å². The Hall–Kier alpha value is 0. The predicted molar refractivity (Wildman–Crippen MR) is 129 cm³/mol. The van der Waals surface area contributed by atoms with E-state index < -0.39 is 0 Å². The van der Waals surface area contributed by atoms with E-state index in [0.29, 0.717) is 0 Å². The molecule has 0 radical (unpaired) electrons. The number of hydrogen-bond donors (Lipinski definition) is 0. The van der Waals surface area contributed by atoms with E-state index in [0.717, 1.165) is 23.7 Å². The van der Waals surface area contributed by atoms with Crippen LogP contribution >= 0.6 is 0 Å². The molecule has 0 heterocycles. The Bertz CT molecular complexity index is 288. The standard InChI is InChI=1S/C22H42.C6H14/c1-3-5-13-19-17-21(19)15-11-9-7-8-10-12-16-22-18-20(22)14-6-4-2;1-3-5-6-4-2/h19-22H,3-18H2,1-2H3;3-6H2,1-2H3. The summed E-state index contributed by atoms with van der Waals surface area (Å²) in [6.07, 6.45) is 29.7. The van der Waals surface area contributed by atoms with Gasteiger partial charge in [0.05, 0.1) is 0 Å². The Morgan fingerprint density at radius 2 is 0.643 bits per heavy atom. The highest BCUT2D eigenvalue weighted by Crippen LogP contribution is 2.46. The van der Waals surface area contributed by atoms with Crippen molar-refractivity contribution in [3.63, 3.8) is 0 Å². The lowest BCUT2D eigenvalue weighted by Crippen LogP contribution is -1.87. The largest absolute Gasteiger partial charge is 0.0654 e. The first-order valence-corrected chi connectivity index (χ1v) is 13.8. The fourth-order valence-corrected chi connectivity index (χ4v) is 4.99. The molecule has 28 heavy (non-hydrogen) atoms. The smallest absolute Gasteiger partial charge is 0.0383 e. The van der Waals surface area contributed by atoms with Crippen LogP contribution in [-0.4, -0.2) is 0 Å². The first-order valence-electron chi connectivity index (χ1n) is 13.8. The van der Waals surface area contributed by atoms with Gasteiger partial charge in [0.1, 0.15) is 0 Å². The summed E-state index contributed by atoms with van der Waals surface area (Å²) in [6.45, 7) is 9.11. The van der Waals surface area contributed by atoms with E-state index in [1.165, 1.54) is 103 Å². The maximum Gasteiger partial charge on any atom is -0.0383 e. The van der Waals surface area contributed by atoms with Crippen molar-refractivity contribution in [2.45, 2.75) is 156 Å². The van der Waals surface area contributed by atoms with Crippen molar-refractivity contribution in [2.24, 2.45) is 23.7 Å².